The fourth-order valence-corrected chi connectivity index (χ4v) is 3.12. The van der Waals surface area contributed by atoms with Crippen LogP contribution in [0.15, 0.2) is 4.47 Å². The van der Waals surface area contributed by atoms with E-state index in [-0.39, 0.29) is 0 Å². The van der Waals surface area contributed by atoms with Gasteiger partial charge in [-0.05, 0) is 42.6 Å². The zero-order chi connectivity index (χ0) is 15.7. The van der Waals surface area contributed by atoms with Crippen LogP contribution in [-0.2, 0) is 7.05 Å². The number of rotatable bonds is 4. The molecule has 0 radical (unpaired) electrons. The van der Waals surface area contributed by atoms with Gasteiger partial charge in [-0.25, -0.2) is 9.97 Å². The van der Waals surface area contributed by atoms with Crippen LogP contribution in [0.3, 0.4) is 0 Å². The first-order chi connectivity index (χ1) is 9.86. The third-order valence-corrected chi connectivity index (χ3v) is 4.28. The summed E-state index contributed by atoms with van der Waals surface area (Å²) in [5.74, 6) is 1.89. The van der Waals surface area contributed by atoms with E-state index in [9.17, 15) is 0 Å². The van der Waals surface area contributed by atoms with Crippen LogP contribution in [0.5, 0.6) is 0 Å². The molecule has 0 spiro atoms. The molecule has 1 N–H and O–H groups in total. The van der Waals surface area contributed by atoms with E-state index in [1.807, 2.05) is 25.6 Å². The molecule has 2 aromatic rings. The predicted molar refractivity (Wildman–Crippen MR) is 89.7 cm³/mol. The van der Waals surface area contributed by atoms with Crippen LogP contribution in [0.4, 0.5) is 5.82 Å². The summed E-state index contributed by atoms with van der Waals surface area (Å²) in [6, 6.07) is 0. The van der Waals surface area contributed by atoms with E-state index in [4.69, 9.17) is 4.98 Å². The Kier molecular flexibility index (Phi) is 4.66. The lowest BCUT2D eigenvalue weighted by atomic mass is 10.1. The number of hydrogen-bond donors (Lipinski definition) is 1. The standard InChI is InChI=1S/C15H22BrN5/c1-7-17-15-12(16)13(8(2)3)18-14(19-15)11-9(4)20-21(6)10(11)5/h8H,7H2,1-6H3,(H,17,18,19). The number of aryl methyl sites for hydroxylation is 2. The third-order valence-electron chi connectivity index (χ3n) is 3.50. The highest BCUT2D eigenvalue weighted by atomic mass is 79.9. The van der Waals surface area contributed by atoms with Gasteiger partial charge in [-0.1, -0.05) is 13.8 Å². The molecule has 0 fully saturated rings. The molecular formula is C15H22BrN5. The van der Waals surface area contributed by atoms with Gasteiger partial charge in [0.15, 0.2) is 5.82 Å². The molecule has 2 aromatic heterocycles. The van der Waals surface area contributed by atoms with Gasteiger partial charge in [0.25, 0.3) is 0 Å². The summed E-state index contributed by atoms with van der Waals surface area (Å²) < 4.78 is 2.82. The average Bonchev–Trinajstić information content (AvgIpc) is 2.66. The molecular weight excluding hydrogens is 330 g/mol. The Labute approximate surface area is 134 Å². The van der Waals surface area contributed by atoms with Gasteiger partial charge >= 0.3 is 0 Å². The maximum absolute atomic E-state index is 4.77. The van der Waals surface area contributed by atoms with Crippen molar-refractivity contribution in [2.24, 2.45) is 7.05 Å². The van der Waals surface area contributed by atoms with Crippen LogP contribution >= 0.6 is 15.9 Å². The van der Waals surface area contributed by atoms with Crippen LogP contribution in [-0.4, -0.2) is 26.3 Å². The van der Waals surface area contributed by atoms with Gasteiger partial charge in [0.05, 0.1) is 21.4 Å². The zero-order valence-electron chi connectivity index (χ0n) is 13.5. The largest absolute Gasteiger partial charge is 0.369 e. The van der Waals surface area contributed by atoms with Crippen molar-refractivity contribution in [2.75, 3.05) is 11.9 Å². The average molecular weight is 352 g/mol. The molecule has 0 aliphatic rings. The summed E-state index contributed by atoms with van der Waals surface area (Å²) in [5.41, 5.74) is 4.06. The van der Waals surface area contributed by atoms with E-state index in [2.05, 4.69) is 52.1 Å². The minimum Gasteiger partial charge on any atom is -0.369 e. The second kappa shape index (κ2) is 6.13. The second-order valence-electron chi connectivity index (χ2n) is 5.45. The molecule has 21 heavy (non-hydrogen) atoms. The number of nitrogens with zero attached hydrogens (tertiary/aromatic N) is 4. The minimum atomic E-state index is 0.316. The summed E-state index contributed by atoms with van der Waals surface area (Å²) >= 11 is 3.62. The Morgan fingerprint density at radius 1 is 1.24 bits per heavy atom. The molecule has 0 atom stereocenters. The lowest BCUT2D eigenvalue weighted by molar-refractivity contribution is 0.731. The first-order valence-corrected chi connectivity index (χ1v) is 7.97. The molecule has 2 heterocycles. The number of anilines is 1. The summed E-state index contributed by atoms with van der Waals surface area (Å²) in [5, 5.41) is 7.77. The Balaban J connectivity index is 2.69. The van der Waals surface area contributed by atoms with Crippen LogP contribution in [0.2, 0.25) is 0 Å². The van der Waals surface area contributed by atoms with Crippen molar-refractivity contribution in [1.82, 2.24) is 19.7 Å². The van der Waals surface area contributed by atoms with Crippen molar-refractivity contribution >= 4 is 21.7 Å². The van der Waals surface area contributed by atoms with Crippen LogP contribution in [0.1, 0.15) is 43.8 Å². The molecule has 0 bridgehead atoms. The second-order valence-corrected chi connectivity index (χ2v) is 6.24. The van der Waals surface area contributed by atoms with Gasteiger partial charge in [-0.3, -0.25) is 4.68 Å². The van der Waals surface area contributed by atoms with Crippen molar-refractivity contribution in [3.63, 3.8) is 0 Å². The fraction of sp³-hybridized carbons (Fsp3) is 0.533. The summed E-state index contributed by atoms with van der Waals surface area (Å²) in [7, 11) is 1.94. The lowest BCUT2D eigenvalue weighted by Crippen LogP contribution is -2.07. The predicted octanol–water partition coefficient (Wildman–Crippen LogP) is 3.81. The van der Waals surface area contributed by atoms with Crippen molar-refractivity contribution in [3.8, 4) is 11.4 Å². The Hall–Kier alpha value is -1.43. The van der Waals surface area contributed by atoms with Gasteiger partial charge < -0.3 is 5.32 Å². The maximum atomic E-state index is 4.77. The van der Waals surface area contributed by atoms with Crippen molar-refractivity contribution < 1.29 is 0 Å². The molecule has 0 aliphatic heterocycles. The first-order valence-electron chi connectivity index (χ1n) is 7.18. The fourth-order valence-electron chi connectivity index (χ4n) is 2.34. The molecule has 6 heteroatoms. The van der Waals surface area contributed by atoms with Crippen molar-refractivity contribution in [1.29, 1.82) is 0 Å². The minimum absolute atomic E-state index is 0.316. The van der Waals surface area contributed by atoms with E-state index < -0.39 is 0 Å². The molecule has 5 nitrogen and oxygen atoms in total. The van der Waals surface area contributed by atoms with Gasteiger partial charge in [0, 0.05) is 19.3 Å². The highest BCUT2D eigenvalue weighted by Gasteiger charge is 2.20. The van der Waals surface area contributed by atoms with Crippen LogP contribution in [0.25, 0.3) is 11.4 Å². The van der Waals surface area contributed by atoms with Crippen molar-refractivity contribution in [2.45, 2.75) is 40.5 Å². The number of aromatic nitrogens is 4. The van der Waals surface area contributed by atoms with Crippen molar-refractivity contribution in [3.05, 3.63) is 21.6 Å². The molecule has 0 amide bonds. The molecule has 0 saturated heterocycles. The molecule has 0 unspecified atom stereocenters. The van der Waals surface area contributed by atoms with Gasteiger partial charge in [0.2, 0.25) is 0 Å². The normalized spacial score (nSPS) is 11.2. The number of hydrogen-bond acceptors (Lipinski definition) is 4. The van der Waals surface area contributed by atoms with E-state index in [0.717, 1.165) is 45.3 Å². The molecule has 114 valence electrons. The first kappa shape index (κ1) is 15.9. The van der Waals surface area contributed by atoms with E-state index in [1.165, 1.54) is 0 Å². The summed E-state index contributed by atoms with van der Waals surface area (Å²) in [6.07, 6.45) is 0. The van der Waals surface area contributed by atoms with Gasteiger partial charge in [0.1, 0.15) is 5.82 Å². The van der Waals surface area contributed by atoms with Crippen LogP contribution in [0, 0.1) is 13.8 Å². The van der Waals surface area contributed by atoms with E-state index >= 15 is 0 Å². The highest BCUT2D eigenvalue weighted by Crippen LogP contribution is 2.33. The molecule has 2 rings (SSSR count). The van der Waals surface area contributed by atoms with E-state index in [1.54, 1.807) is 0 Å². The number of halogens is 1. The molecule has 0 saturated carbocycles. The monoisotopic (exact) mass is 351 g/mol. The Bertz CT molecular complexity index is 661. The highest BCUT2D eigenvalue weighted by molar-refractivity contribution is 9.10. The molecule has 0 aromatic carbocycles. The summed E-state index contributed by atoms with van der Waals surface area (Å²) in [4.78, 5) is 9.46. The Morgan fingerprint density at radius 3 is 2.38 bits per heavy atom. The quantitative estimate of drug-likeness (QED) is 0.909. The SMILES string of the molecule is CCNc1nc(-c2c(C)nn(C)c2C)nc(C(C)C)c1Br. The van der Waals surface area contributed by atoms with E-state index in [0.29, 0.717) is 5.92 Å². The molecule has 0 aliphatic carbocycles. The van der Waals surface area contributed by atoms with Gasteiger partial charge in [-0.2, -0.15) is 5.10 Å². The maximum Gasteiger partial charge on any atom is 0.165 e. The zero-order valence-corrected chi connectivity index (χ0v) is 15.0. The smallest absolute Gasteiger partial charge is 0.165 e. The van der Waals surface area contributed by atoms with Crippen LogP contribution < -0.4 is 5.32 Å². The summed E-state index contributed by atoms with van der Waals surface area (Å²) in [6.45, 7) is 11.2. The van der Waals surface area contributed by atoms with Gasteiger partial charge in [-0.15, -0.1) is 0 Å². The number of nitrogens with one attached hydrogen (secondary N) is 1. The lowest BCUT2D eigenvalue weighted by Gasteiger charge is -2.14. The topological polar surface area (TPSA) is 55.6 Å². The Morgan fingerprint density at radius 2 is 1.90 bits per heavy atom. The third kappa shape index (κ3) is 2.95.